The molecule has 0 aliphatic carbocycles. The van der Waals surface area contributed by atoms with E-state index in [1.54, 1.807) is 0 Å². The third-order valence-corrected chi connectivity index (χ3v) is 4.09. The molecule has 1 aromatic rings. The summed E-state index contributed by atoms with van der Waals surface area (Å²) in [4.78, 5) is 13.7. The number of carbonyl (C=O) groups is 1. The summed E-state index contributed by atoms with van der Waals surface area (Å²) in [5.74, 6) is 1.30. The van der Waals surface area contributed by atoms with Crippen molar-refractivity contribution in [2.45, 2.75) is 26.2 Å². The number of fused-ring (bicyclic) bond motifs is 1. The zero-order valence-corrected chi connectivity index (χ0v) is 11.8. The maximum atomic E-state index is 11.4. The van der Waals surface area contributed by atoms with E-state index in [2.05, 4.69) is 17.1 Å². The molecule has 5 heteroatoms. The van der Waals surface area contributed by atoms with Crippen molar-refractivity contribution >= 4 is 23.0 Å². The molecule has 1 fully saturated rings. The summed E-state index contributed by atoms with van der Waals surface area (Å²) in [6, 6.07) is 3.76. The molecule has 2 aliphatic rings. The van der Waals surface area contributed by atoms with Crippen LogP contribution in [0.25, 0.3) is 0 Å². The quantitative estimate of drug-likeness (QED) is 0.830. The smallest absolute Gasteiger partial charge is 0.262 e. The van der Waals surface area contributed by atoms with Gasteiger partial charge >= 0.3 is 0 Å². The Bertz CT molecular complexity index is 530. The number of hydrogen-bond donors (Lipinski definition) is 2. The van der Waals surface area contributed by atoms with Crippen molar-refractivity contribution in [3.63, 3.8) is 0 Å². The standard InChI is InChI=1S/C15H21N3O2/c1-2-3-10-4-5-18(8-10)13-7-12-14(6-11(13)16)20-9-15(19)17-12/h6-7,10H,2-5,8-9,16H2,1H3,(H,17,19). The molecule has 1 amide bonds. The molecule has 1 unspecified atom stereocenters. The molecule has 3 rings (SSSR count). The highest BCUT2D eigenvalue weighted by molar-refractivity contribution is 5.97. The molecule has 20 heavy (non-hydrogen) atoms. The molecule has 0 aromatic heterocycles. The van der Waals surface area contributed by atoms with Crippen molar-refractivity contribution in [1.82, 2.24) is 0 Å². The molecule has 0 spiro atoms. The van der Waals surface area contributed by atoms with Crippen molar-refractivity contribution in [2.24, 2.45) is 5.92 Å². The van der Waals surface area contributed by atoms with Gasteiger partial charge in [0.25, 0.3) is 5.91 Å². The highest BCUT2D eigenvalue weighted by Crippen LogP contribution is 2.39. The molecular weight excluding hydrogens is 254 g/mol. The lowest BCUT2D eigenvalue weighted by atomic mass is 10.0. The molecule has 1 atom stereocenters. The molecule has 108 valence electrons. The summed E-state index contributed by atoms with van der Waals surface area (Å²) >= 11 is 0. The van der Waals surface area contributed by atoms with Crippen molar-refractivity contribution < 1.29 is 9.53 Å². The predicted molar refractivity (Wildman–Crippen MR) is 80.2 cm³/mol. The molecule has 3 N–H and O–H groups in total. The van der Waals surface area contributed by atoms with E-state index in [1.165, 1.54) is 19.3 Å². The van der Waals surface area contributed by atoms with Crippen LogP contribution < -0.4 is 20.7 Å². The molecule has 1 aromatic carbocycles. The van der Waals surface area contributed by atoms with Crippen LogP contribution >= 0.6 is 0 Å². The number of ether oxygens (including phenoxy) is 1. The normalized spacial score (nSPS) is 21.4. The van der Waals surface area contributed by atoms with Crippen LogP contribution in [0.4, 0.5) is 17.1 Å². The van der Waals surface area contributed by atoms with E-state index in [-0.39, 0.29) is 12.5 Å². The van der Waals surface area contributed by atoms with Gasteiger partial charge in [-0.2, -0.15) is 0 Å². The van der Waals surface area contributed by atoms with E-state index in [0.29, 0.717) is 5.75 Å². The fraction of sp³-hybridized carbons (Fsp3) is 0.533. The van der Waals surface area contributed by atoms with Crippen LogP contribution in [0.2, 0.25) is 0 Å². The third kappa shape index (κ3) is 2.40. The Morgan fingerprint density at radius 2 is 2.35 bits per heavy atom. The highest BCUT2D eigenvalue weighted by Gasteiger charge is 2.25. The molecular formula is C15H21N3O2. The molecule has 5 nitrogen and oxygen atoms in total. The van der Waals surface area contributed by atoms with Gasteiger partial charge in [0, 0.05) is 19.2 Å². The summed E-state index contributed by atoms with van der Waals surface area (Å²) < 4.78 is 5.38. The Balaban J connectivity index is 1.83. The molecule has 2 aliphatic heterocycles. The minimum atomic E-state index is -0.112. The summed E-state index contributed by atoms with van der Waals surface area (Å²) in [6.07, 6.45) is 3.70. The number of nitrogens with zero attached hydrogens (tertiary/aromatic N) is 1. The largest absolute Gasteiger partial charge is 0.482 e. The van der Waals surface area contributed by atoms with Crippen LogP contribution in [0.5, 0.6) is 5.75 Å². The van der Waals surface area contributed by atoms with Crippen LogP contribution in [0.3, 0.4) is 0 Å². The zero-order chi connectivity index (χ0) is 14.1. The second kappa shape index (κ2) is 5.23. The topological polar surface area (TPSA) is 67.6 Å². The maximum absolute atomic E-state index is 11.4. The van der Waals surface area contributed by atoms with Crippen LogP contribution in [0, 0.1) is 5.92 Å². The van der Waals surface area contributed by atoms with Crippen molar-refractivity contribution in [3.8, 4) is 5.75 Å². The van der Waals surface area contributed by atoms with Crippen molar-refractivity contribution in [3.05, 3.63) is 12.1 Å². The van der Waals surface area contributed by atoms with E-state index in [0.717, 1.165) is 36.1 Å². The minimum absolute atomic E-state index is 0.0636. The first-order valence-electron chi connectivity index (χ1n) is 7.28. The van der Waals surface area contributed by atoms with Crippen molar-refractivity contribution in [1.29, 1.82) is 0 Å². The van der Waals surface area contributed by atoms with Gasteiger partial charge in [-0.1, -0.05) is 13.3 Å². The number of nitrogen functional groups attached to an aromatic ring is 1. The van der Waals surface area contributed by atoms with Gasteiger partial charge in [0.2, 0.25) is 0 Å². The number of nitrogens with two attached hydrogens (primary N) is 1. The lowest BCUT2D eigenvalue weighted by molar-refractivity contribution is -0.118. The molecule has 2 heterocycles. The number of hydrogen-bond acceptors (Lipinski definition) is 4. The van der Waals surface area contributed by atoms with Gasteiger partial charge in [-0.25, -0.2) is 0 Å². The summed E-state index contributed by atoms with van der Waals surface area (Å²) in [6.45, 7) is 4.37. The third-order valence-electron chi connectivity index (χ3n) is 4.09. The van der Waals surface area contributed by atoms with Crippen LogP contribution in [-0.4, -0.2) is 25.6 Å². The first-order valence-corrected chi connectivity index (χ1v) is 7.28. The molecule has 0 radical (unpaired) electrons. The van der Waals surface area contributed by atoms with Gasteiger partial charge in [-0.15, -0.1) is 0 Å². The Hall–Kier alpha value is -1.91. The average Bonchev–Trinajstić information content (AvgIpc) is 2.87. The van der Waals surface area contributed by atoms with Gasteiger partial charge in [0.05, 0.1) is 17.1 Å². The second-order valence-corrected chi connectivity index (χ2v) is 5.63. The Morgan fingerprint density at radius 3 is 3.15 bits per heavy atom. The van der Waals surface area contributed by atoms with E-state index in [4.69, 9.17) is 10.5 Å². The minimum Gasteiger partial charge on any atom is -0.482 e. The van der Waals surface area contributed by atoms with Crippen LogP contribution in [0.15, 0.2) is 12.1 Å². The Labute approximate surface area is 119 Å². The van der Waals surface area contributed by atoms with Gasteiger partial charge in [-0.05, 0) is 24.8 Å². The van der Waals surface area contributed by atoms with Gasteiger partial charge in [0.1, 0.15) is 5.75 Å². The summed E-state index contributed by atoms with van der Waals surface area (Å²) in [7, 11) is 0. The first kappa shape index (κ1) is 13.1. The van der Waals surface area contributed by atoms with E-state index in [1.807, 2.05) is 12.1 Å². The highest BCUT2D eigenvalue weighted by atomic mass is 16.5. The monoisotopic (exact) mass is 275 g/mol. The lowest BCUT2D eigenvalue weighted by Gasteiger charge is -2.25. The van der Waals surface area contributed by atoms with E-state index in [9.17, 15) is 4.79 Å². The molecule has 0 saturated carbocycles. The number of anilines is 3. The number of carbonyl (C=O) groups excluding carboxylic acids is 1. The second-order valence-electron chi connectivity index (χ2n) is 5.63. The Morgan fingerprint density at radius 1 is 1.50 bits per heavy atom. The van der Waals surface area contributed by atoms with E-state index >= 15 is 0 Å². The molecule has 1 saturated heterocycles. The SMILES string of the molecule is CCCC1CCN(c2cc3c(cc2N)OCC(=O)N3)C1. The van der Waals surface area contributed by atoms with Crippen molar-refractivity contribution in [2.75, 3.05) is 35.6 Å². The number of benzene rings is 1. The maximum Gasteiger partial charge on any atom is 0.262 e. The lowest BCUT2D eigenvalue weighted by Crippen LogP contribution is -2.26. The molecule has 0 bridgehead atoms. The van der Waals surface area contributed by atoms with Gasteiger partial charge in [0.15, 0.2) is 6.61 Å². The summed E-state index contributed by atoms with van der Waals surface area (Å²) in [5, 5.41) is 2.84. The number of rotatable bonds is 3. The van der Waals surface area contributed by atoms with Crippen LogP contribution in [0.1, 0.15) is 26.2 Å². The first-order chi connectivity index (χ1) is 9.67. The fourth-order valence-corrected chi connectivity index (χ4v) is 3.10. The fourth-order valence-electron chi connectivity index (χ4n) is 3.10. The Kier molecular flexibility index (Phi) is 3.42. The zero-order valence-electron chi connectivity index (χ0n) is 11.8. The number of amides is 1. The predicted octanol–water partition coefficient (Wildman–Crippen LogP) is 2.23. The average molecular weight is 275 g/mol. The van der Waals surface area contributed by atoms with E-state index < -0.39 is 0 Å². The van der Waals surface area contributed by atoms with Crippen LogP contribution in [-0.2, 0) is 4.79 Å². The number of nitrogens with one attached hydrogen (secondary N) is 1. The summed E-state index contributed by atoms with van der Waals surface area (Å²) in [5.41, 5.74) is 8.60. The van der Waals surface area contributed by atoms with Gasteiger partial charge < -0.3 is 20.7 Å². The van der Waals surface area contributed by atoms with Gasteiger partial charge in [-0.3, -0.25) is 4.79 Å².